The fourth-order valence-corrected chi connectivity index (χ4v) is 1.93. The molecule has 0 aromatic heterocycles. The van der Waals surface area contributed by atoms with E-state index in [0.29, 0.717) is 25.2 Å². The van der Waals surface area contributed by atoms with E-state index in [0.717, 1.165) is 5.56 Å². The molecule has 0 aliphatic rings. The van der Waals surface area contributed by atoms with E-state index in [1.54, 1.807) is 47.0 Å². The van der Waals surface area contributed by atoms with Gasteiger partial charge >= 0.3 is 12.1 Å². The lowest BCUT2D eigenvalue weighted by atomic mass is 10.1. The lowest BCUT2D eigenvalue weighted by Gasteiger charge is -2.25. The largest absolute Gasteiger partial charge is 0.444 e. The minimum atomic E-state index is -0.546. The van der Waals surface area contributed by atoms with Gasteiger partial charge in [0.1, 0.15) is 5.60 Å². The predicted molar refractivity (Wildman–Crippen MR) is 94.9 cm³/mol. The summed E-state index contributed by atoms with van der Waals surface area (Å²) in [6, 6.07) is 8.90. The van der Waals surface area contributed by atoms with E-state index in [9.17, 15) is 9.59 Å². The first-order chi connectivity index (χ1) is 11.6. The summed E-state index contributed by atoms with van der Waals surface area (Å²) in [5.74, 6) is 0. The summed E-state index contributed by atoms with van der Waals surface area (Å²) in [5, 5.41) is 11.5. The second-order valence-corrected chi connectivity index (χ2v) is 6.80. The van der Waals surface area contributed by atoms with Gasteiger partial charge in [-0.25, -0.2) is 9.59 Å². The van der Waals surface area contributed by atoms with Gasteiger partial charge in [-0.05, 0) is 38.5 Å². The zero-order chi connectivity index (χ0) is 19.0. The van der Waals surface area contributed by atoms with Crippen LogP contribution in [-0.2, 0) is 11.3 Å². The lowest BCUT2D eigenvalue weighted by molar-refractivity contribution is 0.0300. The van der Waals surface area contributed by atoms with E-state index >= 15 is 0 Å². The monoisotopic (exact) mass is 346 g/mol. The van der Waals surface area contributed by atoms with Gasteiger partial charge in [-0.15, -0.1) is 0 Å². The zero-order valence-corrected chi connectivity index (χ0v) is 15.5. The Kier molecular flexibility index (Phi) is 7.24. The number of rotatable bonds is 5. The highest BCUT2D eigenvalue weighted by molar-refractivity contribution is 5.74. The molecule has 0 radical (unpaired) electrons. The Balaban J connectivity index is 2.37. The first kappa shape index (κ1) is 20.3. The molecule has 7 nitrogen and oxygen atoms in total. The maximum Gasteiger partial charge on any atom is 0.410 e. The molecule has 136 valence electrons. The highest BCUT2D eigenvalue weighted by Gasteiger charge is 2.19. The highest BCUT2D eigenvalue weighted by Crippen LogP contribution is 2.09. The number of benzene rings is 1. The van der Waals surface area contributed by atoms with Crippen molar-refractivity contribution in [3.05, 3.63) is 35.4 Å². The van der Waals surface area contributed by atoms with Crippen LogP contribution < -0.4 is 5.32 Å². The maximum absolute atomic E-state index is 12.1. The summed E-state index contributed by atoms with van der Waals surface area (Å²) in [7, 11) is 3.31. The Morgan fingerprint density at radius 1 is 1.16 bits per heavy atom. The van der Waals surface area contributed by atoms with Crippen molar-refractivity contribution in [3.63, 3.8) is 0 Å². The Labute approximate surface area is 149 Å². The molecule has 0 unspecified atom stereocenters. The fourth-order valence-electron chi connectivity index (χ4n) is 1.93. The number of nitrogens with one attached hydrogen (secondary N) is 1. The van der Waals surface area contributed by atoms with Gasteiger partial charge in [-0.3, -0.25) is 0 Å². The van der Waals surface area contributed by atoms with E-state index in [4.69, 9.17) is 10.00 Å². The number of ether oxygens (including phenoxy) is 1. The predicted octanol–water partition coefficient (Wildman–Crippen LogP) is 2.57. The summed E-state index contributed by atoms with van der Waals surface area (Å²) < 4.78 is 5.24. The van der Waals surface area contributed by atoms with E-state index in [2.05, 4.69) is 11.4 Å². The molecule has 0 aliphatic carbocycles. The van der Waals surface area contributed by atoms with Crippen LogP contribution in [0.15, 0.2) is 24.3 Å². The lowest BCUT2D eigenvalue weighted by Crippen LogP contribution is -2.42. The number of hydrogen-bond acceptors (Lipinski definition) is 4. The molecule has 1 rings (SSSR count). The first-order valence-corrected chi connectivity index (χ1v) is 8.04. The number of amides is 3. The SMILES string of the molecule is CN(Cc1ccc(C#N)cc1)C(=O)NCCN(C)C(=O)OC(C)(C)C. The van der Waals surface area contributed by atoms with E-state index in [1.165, 1.54) is 9.80 Å². The van der Waals surface area contributed by atoms with Gasteiger partial charge in [0.25, 0.3) is 0 Å². The zero-order valence-electron chi connectivity index (χ0n) is 15.5. The molecular weight excluding hydrogens is 320 g/mol. The molecule has 0 atom stereocenters. The summed E-state index contributed by atoms with van der Waals surface area (Å²) in [6.07, 6.45) is -0.423. The molecule has 1 aromatic carbocycles. The topological polar surface area (TPSA) is 85.7 Å². The van der Waals surface area contributed by atoms with Gasteiger partial charge in [0, 0.05) is 33.7 Å². The van der Waals surface area contributed by atoms with Gasteiger partial charge in [0.05, 0.1) is 11.6 Å². The fraction of sp³-hybridized carbons (Fsp3) is 0.500. The van der Waals surface area contributed by atoms with Gasteiger partial charge in [0.2, 0.25) is 0 Å². The molecule has 0 saturated carbocycles. The van der Waals surface area contributed by atoms with Crippen molar-refractivity contribution >= 4 is 12.1 Å². The standard InChI is InChI=1S/C18H26N4O3/c1-18(2,3)25-17(24)21(4)11-10-20-16(23)22(5)13-15-8-6-14(12-19)7-9-15/h6-9H,10-11,13H2,1-5H3,(H,20,23). The molecule has 0 fully saturated rings. The van der Waals surface area contributed by atoms with Crippen molar-refractivity contribution < 1.29 is 14.3 Å². The molecule has 0 saturated heterocycles. The van der Waals surface area contributed by atoms with Crippen LogP contribution in [-0.4, -0.2) is 54.7 Å². The number of nitrogens with zero attached hydrogens (tertiary/aromatic N) is 3. The first-order valence-electron chi connectivity index (χ1n) is 8.04. The van der Waals surface area contributed by atoms with Gasteiger partial charge in [-0.1, -0.05) is 12.1 Å². The van der Waals surface area contributed by atoms with E-state index < -0.39 is 11.7 Å². The molecule has 7 heteroatoms. The number of hydrogen-bond donors (Lipinski definition) is 1. The normalized spacial score (nSPS) is 10.6. The van der Waals surface area contributed by atoms with Crippen molar-refractivity contribution in [2.45, 2.75) is 32.9 Å². The van der Waals surface area contributed by atoms with Crippen molar-refractivity contribution in [1.82, 2.24) is 15.1 Å². The van der Waals surface area contributed by atoms with E-state index in [-0.39, 0.29) is 6.03 Å². The van der Waals surface area contributed by atoms with Gasteiger partial charge in [-0.2, -0.15) is 5.26 Å². The number of carbonyl (C=O) groups is 2. The van der Waals surface area contributed by atoms with Gasteiger partial charge < -0.3 is 19.9 Å². The van der Waals surface area contributed by atoms with Crippen LogP contribution in [0.2, 0.25) is 0 Å². The summed E-state index contributed by atoms with van der Waals surface area (Å²) in [6.45, 7) is 6.52. The van der Waals surface area contributed by atoms with Crippen molar-refractivity contribution in [2.75, 3.05) is 27.2 Å². The van der Waals surface area contributed by atoms with Crippen LogP contribution >= 0.6 is 0 Å². The van der Waals surface area contributed by atoms with Gasteiger partial charge in [0.15, 0.2) is 0 Å². The van der Waals surface area contributed by atoms with Crippen molar-refractivity contribution in [1.29, 1.82) is 5.26 Å². The minimum absolute atomic E-state index is 0.234. The molecule has 0 spiro atoms. The molecule has 3 amide bonds. The molecule has 0 heterocycles. The second kappa shape index (κ2) is 8.92. The average Bonchev–Trinajstić information content (AvgIpc) is 2.53. The number of likely N-dealkylation sites (N-methyl/N-ethyl adjacent to an activating group) is 1. The smallest absolute Gasteiger partial charge is 0.410 e. The minimum Gasteiger partial charge on any atom is -0.444 e. The second-order valence-electron chi connectivity index (χ2n) is 6.80. The Hall–Kier alpha value is -2.75. The molecule has 0 aliphatic heterocycles. The third kappa shape index (κ3) is 7.57. The van der Waals surface area contributed by atoms with Crippen LogP contribution in [0.1, 0.15) is 31.9 Å². The summed E-state index contributed by atoms with van der Waals surface area (Å²) in [4.78, 5) is 26.9. The third-order valence-corrected chi connectivity index (χ3v) is 3.28. The number of carbonyl (C=O) groups excluding carboxylic acids is 2. The van der Waals surface area contributed by atoms with Crippen LogP contribution in [0.4, 0.5) is 9.59 Å². The summed E-state index contributed by atoms with van der Waals surface area (Å²) >= 11 is 0. The van der Waals surface area contributed by atoms with Crippen LogP contribution in [0.25, 0.3) is 0 Å². The molecule has 1 aromatic rings. The number of nitriles is 1. The van der Waals surface area contributed by atoms with Crippen LogP contribution in [0, 0.1) is 11.3 Å². The quantitative estimate of drug-likeness (QED) is 0.888. The summed E-state index contributed by atoms with van der Waals surface area (Å²) in [5.41, 5.74) is 0.971. The van der Waals surface area contributed by atoms with Crippen molar-refractivity contribution in [3.8, 4) is 6.07 Å². The Morgan fingerprint density at radius 3 is 2.28 bits per heavy atom. The molecule has 1 N–H and O–H groups in total. The third-order valence-electron chi connectivity index (χ3n) is 3.28. The van der Waals surface area contributed by atoms with Crippen LogP contribution in [0.3, 0.4) is 0 Å². The van der Waals surface area contributed by atoms with Crippen molar-refractivity contribution in [2.24, 2.45) is 0 Å². The van der Waals surface area contributed by atoms with E-state index in [1.807, 2.05) is 12.1 Å². The van der Waals surface area contributed by atoms with Crippen LogP contribution in [0.5, 0.6) is 0 Å². The average molecular weight is 346 g/mol. The molecular formula is C18H26N4O3. The Morgan fingerprint density at radius 2 is 1.76 bits per heavy atom. The highest BCUT2D eigenvalue weighted by atomic mass is 16.6. The number of urea groups is 1. The Bertz CT molecular complexity index is 629. The maximum atomic E-state index is 12.1. The molecule has 25 heavy (non-hydrogen) atoms. The molecule has 0 bridgehead atoms.